The molecule has 1 aliphatic heterocycles. The predicted molar refractivity (Wildman–Crippen MR) is 208 cm³/mol. The Morgan fingerprint density at radius 3 is 1.67 bits per heavy atom. The first-order chi connectivity index (χ1) is 25.3. The van der Waals surface area contributed by atoms with Gasteiger partial charge in [0.25, 0.3) is 0 Å². The fourth-order valence-electron chi connectivity index (χ4n) is 6.66. The molecule has 8 aromatic rings. The van der Waals surface area contributed by atoms with E-state index in [0.29, 0.717) is 5.82 Å². The van der Waals surface area contributed by atoms with E-state index >= 15 is 0 Å². The van der Waals surface area contributed by atoms with Gasteiger partial charge in [-0.05, 0) is 63.7 Å². The van der Waals surface area contributed by atoms with Crippen molar-refractivity contribution < 1.29 is 4.74 Å². The van der Waals surface area contributed by atoms with Crippen molar-refractivity contribution in [3.8, 4) is 78.8 Å². The standard InChI is InChI=1S/C47H31N3O/c1-2-12-35(13-3-1)43-30-44(50-47(49-43)36-25-20-32(21-26-36)38-14-10-28-48-31-38)37-27-24-34-23-22-33-11-4-5-15-39(33)40-16-6-8-18-45(40)51-46-19-9-7-17-41(46)42(34)29-37/h1-31H. The average Bonchev–Trinajstić information content (AvgIpc) is 3.23. The third kappa shape index (κ3) is 6.00. The Balaban J connectivity index is 1.21. The van der Waals surface area contributed by atoms with E-state index in [9.17, 15) is 0 Å². The second-order valence-corrected chi connectivity index (χ2v) is 12.5. The lowest BCUT2D eigenvalue weighted by molar-refractivity contribution is 0.486. The van der Waals surface area contributed by atoms with Crippen LogP contribution in [0.3, 0.4) is 0 Å². The maximum atomic E-state index is 6.77. The van der Waals surface area contributed by atoms with Crippen molar-refractivity contribution in [2.45, 2.75) is 0 Å². The molecular weight excluding hydrogens is 623 g/mol. The fourth-order valence-corrected chi connectivity index (χ4v) is 6.66. The molecule has 0 bridgehead atoms. The van der Waals surface area contributed by atoms with Crippen molar-refractivity contribution in [3.63, 3.8) is 0 Å². The molecule has 0 amide bonds. The number of hydrogen-bond donors (Lipinski definition) is 0. The Hall–Kier alpha value is -6.91. The van der Waals surface area contributed by atoms with E-state index in [4.69, 9.17) is 14.7 Å². The van der Waals surface area contributed by atoms with Crippen molar-refractivity contribution in [1.82, 2.24) is 15.0 Å². The molecule has 9 rings (SSSR count). The summed E-state index contributed by atoms with van der Waals surface area (Å²) < 4.78 is 6.77. The molecule has 0 unspecified atom stereocenters. The smallest absolute Gasteiger partial charge is 0.160 e. The molecule has 0 saturated carbocycles. The Morgan fingerprint density at radius 2 is 0.941 bits per heavy atom. The zero-order chi connectivity index (χ0) is 34.0. The van der Waals surface area contributed by atoms with E-state index in [2.05, 4.69) is 132 Å². The van der Waals surface area contributed by atoms with Crippen LogP contribution >= 0.6 is 0 Å². The molecule has 0 saturated heterocycles. The molecule has 0 N–H and O–H groups in total. The van der Waals surface area contributed by atoms with E-state index in [1.54, 1.807) is 6.20 Å². The number of para-hydroxylation sites is 2. The van der Waals surface area contributed by atoms with Crippen molar-refractivity contribution in [1.29, 1.82) is 0 Å². The molecule has 0 aliphatic carbocycles. The van der Waals surface area contributed by atoms with Gasteiger partial charge in [-0.3, -0.25) is 4.98 Å². The summed E-state index contributed by atoms with van der Waals surface area (Å²) in [6, 6.07) is 56.3. The first kappa shape index (κ1) is 30.2. The molecule has 6 aromatic carbocycles. The summed E-state index contributed by atoms with van der Waals surface area (Å²) in [5.41, 5.74) is 13.3. The number of rotatable bonds is 4. The topological polar surface area (TPSA) is 47.9 Å². The van der Waals surface area contributed by atoms with Gasteiger partial charge in [0.1, 0.15) is 11.5 Å². The van der Waals surface area contributed by atoms with Gasteiger partial charge in [0.05, 0.1) is 11.4 Å². The molecule has 4 heteroatoms. The SMILES string of the molecule is C1=Cc2ccc(-c3cc(-c4ccccc4)nc(-c4ccc(-c5cccnc5)cc4)n3)cc2-c2ccccc2Oc2ccccc2-c2ccccc21. The maximum absolute atomic E-state index is 6.77. The second-order valence-electron chi connectivity index (χ2n) is 12.5. The molecule has 0 spiro atoms. The monoisotopic (exact) mass is 653 g/mol. The summed E-state index contributed by atoms with van der Waals surface area (Å²) in [6.07, 6.45) is 8.06. The summed E-state index contributed by atoms with van der Waals surface area (Å²) in [4.78, 5) is 14.5. The minimum atomic E-state index is 0.664. The van der Waals surface area contributed by atoms with Crippen molar-refractivity contribution in [2.75, 3.05) is 0 Å². The van der Waals surface area contributed by atoms with Crippen molar-refractivity contribution >= 4 is 12.2 Å². The number of aromatic nitrogens is 3. The third-order valence-corrected chi connectivity index (χ3v) is 9.26. The number of ether oxygens (including phenoxy) is 1. The summed E-state index contributed by atoms with van der Waals surface area (Å²) in [7, 11) is 0. The minimum absolute atomic E-state index is 0.664. The maximum Gasteiger partial charge on any atom is 0.160 e. The van der Waals surface area contributed by atoms with Crippen LogP contribution < -0.4 is 4.74 Å². The molecule has 1 aliphatic rings. The van der Waals surface area contributed by atoms with E-state index < -0.39 is 0 Å². The zero-order valence-electron chi connectivity index (χ0n) is 27.6. The molecule has 0 radical (unpaired) electrons. The van der Waals surface area contributed by atoms with Crippen LogP contribution in [0.1, 0.15) is 11.1 Å². The highest BCUT2D eigenvalue weighted by molar-refractivity contribution is 5.90. The van der Waals surface area contributed by atoms with E-state index in [-0.39, 0.29) is 0 Å². The molecule has 3 heterocycles. The highest BCUT2D eigenvalue weighted by Gasteiger charge is 2.18. The lowest BCUT2D eigenvalue weighted by Gasteiger charge is -2.16. The summed E-state index contributed by atoms with van der Waals surface area (Å²) in [6.45, 7) is 0. The lowest BCUT2D eigenvalue weighted by atomic mass is 9.94. The predicted octanol–water partition coefficient (Wildman–Crippen LogP) is 12.1. The van der Waals surface area contributed by atoms with Gasteiger partial charge in [-0.2, -0.15) is 0 Å². The molecule has 4 nitrogen and oxygen atoms in total. The second kappa shape index (κ2) is 13.2. The van der Waals surface area contributed by atoms with E-state index in [1.807, 2.05) is 54.7 Å². The quantitative estimate of drug-likeness (QED) is 0.190. The van der Waals surface area contributed by atoms with Crippen molar-refractivity contribution in [3.05, 3.63) is 187 Å². The Bertz CT molecular complexity index is 2540. The first-order valence-electron chi connectivity index (χ1n) is 17.0. The van der Waals surface area contributed by atoms with Gasteiger partial charge in [0.2, 0.25) is 0 Å². The van der Waals surface area contributed by atoms with Crippen LogP contribution in [0.25, 0.3) is 79.4 Å². The number of pyridine rings is 1. The summed E-state index contributed by atoms with van der Waals surface area (Å²) in [5.74, 6) is 2.27. The molecule has 51 heavy (non-hydrogen) atoms. The number of hydrogen-bond acceptors (Lipinski definition) is 4. The van der Waals surface area contributed by atoms with Crippen LogP contribution in [-0.4, -0.2) is 15.0 Å². The van der Waals surface area contributed by atoms with Gasteiger partial charge in [0.15, 0.2) is 5.82 Å². The van der Waals surface area contributed by atoms with Crippen LogP contribution in [0.4, 0.5) is 0 Å². The summed E-state index contributed by atoms with van der Waals surface area (Å²) >= 11 is 0. The largest absolute Gasteiger partial charge is 0.456 e. The number of fused-ring (bicyclic) bond motifs is 6. The zero-order valence-corrected chi connectivity index (χ0v) is 27.6. The van der Waals surface area contributed by atoms with Gasteiger partial charge in [0, 0.05) is 40.2 Å². The van der Waals surface area contributed by atoms with E-state index in [0.717, 1.165) is 84.1 Å². The van der Waals surface area contributed by atoms with Gasteiger partial charge in [-0.15, -0.1) is 0 Å². The van der Waals surface area contributed by atoms with Crippen LogP contribution in [0.2, 0.25) is 0 Å². The van der Waals surface area contributed by atoms with Gasteiger partial charge in [-0.25, -0.2) is 9.97 Å². The fraction of sp³-hybridized carbons (Fsp3) is 0. The van der Waals surface area contributed by atoms with Crippen LogP contribution in [0.5, 0.6) is 11.5 Å². The highest BCUT2D eigenvalue weighted by Crippen LogP contribution is 2.42. The van der Waals surface area contributed by atoms with Crippen LogP contribution in [0.15, 0.2) is 176 Å². The third-order valence-electron chi connectivity index (χ3n) is 9.26. The molecule has 240 valence electrons. The van der Waals surface area contributed by atoms with Gasteiger partial charge >= 0.3 is 0 Å². The first-order valence-corrected chi connectivity index (χ1v) is 17.0. The van der Waals surface area contributed by atoms with Crippen LogP contribution in [0, 0.1) is 0 Å². The molecule has 0 atom stereocenters. The normalized spacial score (nSPS) is 11.6. The molecular formula is C47H31N3O. The Morgan fingerprint density at radius 1 is 0.373 bits per heavy atom. The summed E-state index contributed by atoms with van der Waals surface area (Å²) in [5, 5.41) is 0. The average molecular weight is 654 g/mol. The van der Waals surface area contributed by atoms with Crippen molar-refractivity contribution in [2.24, 2.45) is 0 Å². The van der Waals surface area contributed by atoms with Gasteiger partial charge < -0.3 is 4.74 Å². The minimum Gasteiger partial charge on any atom is -0.456 e. The van der Waals surface area contributed by atoms with Gasteiger partial charge in [-0.1, -0.05) is 146 Å². The van der Waals surface area contributed by atoms with Crippen LogP contribution in [-0.2, 0) is 0 Å². The Kier molecular flexibility index (Phi) is 7.80. The lowest BCUT2D eigenvalue weighted by Crippen LogP contribution is -1.97. The highest BCUT2D eigenvalue weighted by atomic mass is 16.5. The van der Waals surface area contributed by atoms with E-state index in [1.165, 1.54) is 0 Å². The molecule has 2 aromatic heterocycles. The number of benzene rings is 6. The number of nitrogens with zero attached hydrogens (tertiary/aromatic N) is 3. The molecule has 0 fully saturated rings. The Labute approximate surface area is 297 Å².